The molecule has 0 radical (unpaired) electrons. The van der Waals surface area contributed by atoms with Gasteiger partial charge in [0.05, 0.1) is 6.04 Å². The lowest BCUT2D eigenvalue weighted by Gasteiger charge is -2.14. The van der Waals surface area contributed by atoms with Gasteiger partial charge in [0, 0.05) is 12.7 Å². The van der Waals surface area contributed by atoms with E-state index in [9.17, 15) is 4.79 Å². The minimum absolute atomic E-state index is 0.0682. The minimum atomic E-state index is -0.170. The summed E-state index contributed by atoms with van der Waals surface area (Å²) >= 11 is 0. The molecule has 1 aromatic carbocycles. The molecule has 3 N–H and O–H groups in total. The zero-order valence-electron chi connectivity index (χ0n) is 10.8. The van der Waals surface area contributed by atoms with E-state index in [0.29, 0.717) is 12.2 Å². The topological polar surface area (TPSA) is 68.0 Å². The van der Waals surface area contributed by atoms with Crippen LogP contribution >= 0.6 is 0 Å². The van der Waals surface area contributed by atoms with Crippen molar-refractivity contribution >= 4 is 5.91 Å². The Morgan fingerprint density at radius 1 is 1.26 bits per heavy atom. The molecule has 0 aliphatic heterocycles. The molecule has 2 aromatic rings. The number of pyridine rings is 1. The Bertz CT molecular complexity index is 537. The second-order valence-corrected chi connectivity index (χ2v) is 4.36. The molecule has 0 bridgehead atoms. The van der Waals surface area contributed by atoms with Crippen LogP contribution in [0.1, 0.15) is 34.6 Å². The van der Waals surface area contributed by atoms with Gasteiger partial charge in [-0.05, 0) is 30.2 Å². The largest absolute Gasteiger partial charge is 0.344 e. The Labute approximate surface area is 112 Å². The fourth-order valence-corrected chi connectivity index (χ4v) is 1.79. The number of aromatic nitrogens is 1. The first-order valence-corrected chi connectivity index (χ1v) is 6.21. The van der Waals surface area contributed by atoms with Crippen molar-refractivity contribution in [2.75, 3.05) is 0 Å². The summed E-state index contributed by atoms with van der Waals surface area (Å²) in [6.07, 6.45) is 1.61. The highest BCUT2D eigenvalue weighted by atomic mass is 16.1. The van der Waals surface area contributed by atoms with E-state index in [4.69, 9.17) is 5.73 Å². The highest BCUT2D eigenvalue weighted by Crippen LogP contribution is 2.13. The Morgan fingerprint density at radius 3 is 2.58 bits per heavy atom. The van der Waals surface area contributed by atoms with E-state index in [1.807, 2.05) is 31.2 Å². The summed E-state index contributed by atoms with van der Waals surface area (Å²) in [6.45, 7) is 2.47. The van der Waals surface area contributed by atoms with Crippen molar-refractivity contribution in [2.45, 2.75) is 19.5 Å². The number of nitrogens with two attached hydrogens (primary N) is 1. The molecular formula is C15H17N3O. The van der Waals surface area contributed by atoms with Crippen LogP contribution in [0, 0.1) is 0 Å². The second kappa shape index (κ2) is 6.11. The molecule has 98 valence electrons. The van der Waals surface area contributed by atoms with Gasteiger partial charge < -0.3 is 11.1 Å². The average Bonchev–Trinajstić information content (AvgIpc) is 2.48. The van der Waals surface area contributed by atoms with E-state index in [-0.39, 0.29) is 11.9 Å². The van der Waals surface area contributed by atoms with Crippen LogP contribution in [0.25, 0.3) is 0 Å². The first kappa shape index (κ1) is 13.2. The number of nitrogens with one attached hydrogen (secondary N) is 1. The minimum Gasteiger partial charge on any atom is -0.344 e. The van der Waals surface area contributed by atoms with Crippen molar-refractivity contribution in [3.63, 3.8) is 0 Å². The maximum atomic E-state index is 12.0. The van der Waals surface area contributed by atoms with Crippen LogP contribution in [-0.2, 0) is 6.54 Å². The number of carbonyl (C=O) groups is 1. The molecule has 4 nitrogen and oxygen atoms in total. The number of hydrogen-bond acceptors (Lipinski definition) is 3. The lowest BCUT2D eigenvalue weighted by molar-refractivity contribution is 0.0935. The lowest BCUT2D eigenvalue weighted by Crippen LogP contribution is -2.27. The fraction of sp³-hybridized carbons (Fsp3) is 0.200. The van der Waals surface area contributed by atoms with Crippen LogP contribution < -0.4 is 11.1 Å². The average molecular weight is 255 g/mol. The van der Waals surface area contributed by atoms with Gasteiger partial charge in [-0.25, -0.2) is 0 Å². The van der Waals surface area contributed by atoms with Gasteiger partial charge in [0.1, 0.15) is 5.69 Å². The summed E-state index contributed by atoms with van der Waals surface area (Å²) in [4.78, 5) is 16.0. The maximum Gasteiger partial charge on any atom is 0.270 e. The highest BCUT2D eigenvalue weighted by molar-refractivity contribution is 5.92. The van der Waals surface area contributed by atoms with Gasteiger partial charge in [0.2, 0.25) is 0 Å². The van der Waals surface area contributed by atoms with Crippen molar-refractivity contribution in [2.24, 2.45) is 5.73 Å². The van der Waals surface area contributed by atoms with Gasteiger partial charge in [-0.1, -0.05) is 30.3 Å². The van der Waals surface area contributed by atoms with Gasteiger partial charge in [-0.15, -0.1) is 0 Å². The molecule has 19 heavy (non-hydrogen) atoms. The fourth-order valence-electron chi connectivity index (χ4n) is 1.79. The van der Waals surface area contributed by atoms with E-state index in [2.05, 4.69) is 10.3 Å². The summed E-state index contributed by atoms with van der Waals surface area (Å²) in [6, 6.07) is 13.1. The molecule has 0 saturated heterocycles. The van der Waals surface area contributed by atoms with Gasteiger partial charge in [0.15, 0.2) is 0 Å². The molecule has 0 aliphatic rings. The summed E-state index contributed by atoms with van der Waals surface area (Å²) in [5.41, 5.74) is 8.10. The third-order valence-electron chi connectivity index (χ3n) is 2.96. The van der Waals surface area contributed by atoms with Gasteiger partial charge in [-0.2, -0.15) is 0 Å². The number of hydrogen-bond donors (Lipinski definition) is 2. The van der Waals surface area contributed by atoms with Crippen molar-refractivity contribution in [3.8, 4) is 0 Å². The second-order valence-electron chi connectivity index (χ2n) is 4.36. The molecule has 2 rings (SSSR count). The molecular weight excluding hydrogens is 238 g/mol. The van der Waals surface area contributed by atoms with E-state index in [0.717, 1.165) is 11.1 Å². The molecule has 4 heteroatoms. The molecule has 0 aliphatic carbocycles. The monoisotopic (exact) mass is 255 g/mol. The molecule has 0 fully saturated rings. The van der Waals surface area contributed by atoms with E-state index < -0.39 is 0 Å². The lowest BCUT2D eigenvalue weighted by atomic mass is 10.1. The van der Waals surface area contributed by atoms with Crippen molar-refractivity contribution in [1.82, 2.24) is 10.3 Å². The summed E-state index contributed by atoms with van der Waals surface area (Å²) in [7, 11) is 0. The van der Waals surface area contributed by atoms with E-state index in [1.54, 1.807) is 24.4 Å². The molecule has 1 aromatic heterocycles. The molecule has 1 heterocycles. The van der Waals surface area contributed by atoms with Gasteiger partial charge in [0.25, 0.3) is 5.91 Å². The Kier molecular flexibility index (Phi) is 4.26. The van der Waals surface area contributed by atoms with Crippen molar-refractivity contribution < 1.29 is 4.79 Å². The summed E-state index contributed by atoms with van der Waals surface area (Å²) in [5, 5.41) is 2.92. The normalized spacial score (nSPS) is 11.9. The Balaban J connectivity index is 2.04. The Morgan fingerprint density at radius 2 is 2.00 bits per heavy atom. The number of benzene rings is 1. The number of rotatable bonds is 4. The van der Waals surface area contributed by atoms with E-state index >= 15 is 0 Å². The number of amides is 1. The first-order chi connectivity index (χ1) is 9.20. The number of carbonyl (C=O) groups excluding carboxylic acids is 1. The van der Waals surface area contributed by atoms with Crippen LogP contribution in [0.4, 0.5) is 0 Å². The zero-order valence-corrected chi connectivity index (χ0v) is 10.8. The van der Waals surface area contributed by atoms with Crippen LogP contribution in [-0.4, -0.2) is 10.9 Å². The number of nitrogens with zero attached hydrogens (tertiary/aromatic N) is 1. The summed E-state index contributed by atoms with van der Waals surface area (Å²) < 4.78 is 0. The van der Waals surface area contributed by atoms with Crippen LogP contribution in [0.2, 0.25) is 0 Å². The van der Waals surface area contributed by atoms with Crippen LogP contribution in [0.3, 0.4) is 0 Å². The van der Waals surface area contributed by atoms with Crippen LogP contribution in [0.5, 0.6) is 0 Å². The van der Waals surface area contributed by atoms with Gasteiger partial charge >= 0.3 is 0 Å². The molecule has 0 spiro atoms. The predicted octanol–water partition coefficient (Wildman–Crippen LogP) is 2.03. The molecule has 1 amide bonds. The van der Waals surface area contributed by atoms with Crippen LogP contribution in [0.15, 0.2) is 48.7 Å². The van der Waals surface area contributed by atoms with Crippen molar-refractivity contribution in [1.29, 1.82) is 0 Å². The zero-order chi connectivity index (χ0) is 13.7. The Hall–Kier alpha value is -2.20. The molecule has 1 unspecified atom stereocenters. The third kappa shape index (κ3) is 3.39. The predicted molar refractivity (Wildman–Crippen MR) is 74.5 cm³/mol. The summed E-state index contributed by atoms with van der Waals surface area (Å²) in [5.74, 6) is -0.170. The smallest absolute Gasteiger partial charge is 0.270 e. The van der Waals surface area contributed by atoms with Crippen molar-refractivity contribution in [3.05, 3.63) is 65.5 Å². The molecule has 1 atom stereocenters. The highest BCUT2D eigenvalue weighted by Gasteiger charge is 2.11. The quantitative estimate of drug-likeness (QED) is 0.878. The van der Waals surface area contributed by atoms with Gasteiger partial charge in [-0.3, -0.25) is 9.78 Å². The third-order valence-corrected chi connectivity index (χ3v) is 2.96. The standard InChI is InChI=1S/C15H17N3O/c1-11(13-7-5-12(10-16)6-8-13)18-15(19)14-4-2-3-9-17-14/h2-9,11H,10,16H2,1H3,(H,18,19). The molecule has 0 saturated carbocycles. The first-order valence-electron chi connectivity index (χ1n) is 6.21. The SMILES string of the molecule is CC(NC(=O)c1ccccn1)c1ccc(CN)cc1. The maximum absolute atomic E-state index is 12.0. The van der Waals surface area contributed by atoms with E-state index in [1.165, 1.54) is 0 Å².